The molecule has 0 unspecified atom stereocenters. The lowest BCUT2D eigenvalue weighted by atomic mass is 10.2. The lowest BCUT2D eigenvalue weighted by Gasteiger charge is -2.18. The summed E-state index contributed by atoms with van der Waals surface area (Å²) < 4.78 is 24.8. The smallest absolute Gasteiger partial charge is 0.238 e. The van der Waals surface area contributed by atoms with E-state index in [1.165, 1.54) is 0 Å². The van der Waals surface area contributed by atoms with Crippen LogP contribution in [0, 0.1) is 0 Å². The third-order valence-electron chi connectivity index (χ3n) is 4.19. The molecule has 4 rings (SSSR count). The molecule has 2 N–H and O–H groups in total. The zero-order chi connectivity index (χ0) is 16.9. The van der Waals surface area contributed by atoms with Gasteiger partial charge in [0.05, 0.1) is 22.2 Å². The molecule has 0 bridgehead atoms. The van der Waals surface area contributed by atoms with Crippen molar-refractivity contribution in [3.8, 4) is 0 Å². The number of primary sulfonamides is 1. The number of pyridine rings is 1. The summed E-state index contributed by atoms with van der Waals surface area (Å²) in [6.45, 7) is 1.47. The van der Waals surface area contributed by atoms with Gasteiger partial charge in [-0.1, -0.05) is 11.6 Å². The van der Waals surface area contributed by atoms with E-state index in [1.807, 2.05) is 35.0 Å². The Morgan fingerprint density at radius 2 is 2.04 bits per heavy atom. The highest BCUT2D eigenvalue weighted by molar-refractivity contribution is 7.89. The lowest BCUT2D eigenvalue weighted by molar-refractivity contribution is 0.597. The van der Waals surface area contributed by atoms with Crippen molar-refractivity contribution in [2.75, 3.05) is 11.4 Å². The standard InChI is InChI=1S/C16H15ClN4O2S/c17-12-1-4-16-19-13(10-21(16)8-12)9-20-6-5-11-7-14(24(18,22)23)2-3-15(11)20/h1-4,7-8,10H,5-6,9H2,(H2,18,22,23). The fraction of sp³-hybridized carbons (Fsp3) is 0.188. The van der Waals surface area contributed by atoms with Gasteiger partial charge in [-0.15, -0.1) is 0 Å². The molecule has 3 heterocycles. The average Bonchev–Trinajstić information content (AvgIpc) is 3.09. The number of sulfonamides is 1. The number of rotatable bonds is 3. The largest absolute Gasteiger partial charge is 0.365 e. The van der Waals surface area contributed by atoms with Gasteiger partial charge in [0.2, 0.25) is 10.0 Å². The Hall–Kier alpha value is -2.09. The second-order valence-corrected chi connectivity index (χ2v) is 7.85. The first-order valence-corrected chi connectivity index (χ1v) is 9.36. The van der Waals surface area contributed by atoms with Crippen LogP contribution >= 0.6 is 11.6 Å². The second-order valence-electron chi connectivity index (χ2n) is 5.85. The molecule has 0 fully saturated rings. The Morgan fingerprint density at radius 3 is 2.83 bits per heavy atom. The molecule has 0 saturated heterocycles. The number of nitrogens with two attached hydrogens (primary N) is 1. The van der Waals surface area contributed by atoms with E-state index in [9.17, 15) is 8.42 Å². The van der Waals surface area contributed by atoms with Gasteiger partial charge in [-0.25, -0.2) is 18.5 Å². The minimum absolute atomic E-state index is 0.158. The van der Waals surface area contributed by atoms with Crippen LogP contribution in [0.2, 0.25) is 5.02 Å². The fourth-order valence-corrected chi connectivity index (χ4v) is 3.81. The van der Waals surface area contributed by atoms with Crippen LogP contribution in [0.1, 0.15) is 11.3 Å². The second kappa shape index (κ2) is 5.47. The zero-order valence-corrected chi connectivity index (χ0v) is 14.3. The number of benzene rings is 1. The van der Waals surface area contributed by atoms with E-state index in [4.69, 9.17) is 16.7 Å². The molecule has 3 aromatic rings. The molecule has 124 valence electrons. The highest BCUT2D eigenvalue weighted by Crippen LogP contribution is 2.31. The van der Waals surface area contributed by atoms with Crippen molar-refractivity contribution >= 4 is 33.0 Å². The predicted molar refractivity (Wildman–Crippen MR) is 92.8 cm³/mol. The van der Waals surface area contributed by atoms with E-state index in [1.54, 1.807) is 12.1 Å². The van der Waals surface area contributed by atoms with Crippen molar-refractivity contribution in [2.45, 2.75) is 17.9 Å². The van der Waals surface area contributed by atoms with Crippen LogP contribution in [0.4, 0.5) is 5.69 Å². The van der Waals surface area contributed by atoms with Gasteiger partial charge in [0, 0.05) is 24.6 Å². The number of hydrogen-bond acceptors (Lipinski definition) is 4. The summed E-state index contributed by atoms with van der Waals surface area (Å²) in [5.74, 6) is 0. The van der Waals surface area contributed by atoms with Gasteiger partial charge in [0.25, 0.3) is 0 Å². The maximum absolute atomic E-state index is 11.5. The molecule has 1 aromatic carbocycles. The van der Waals surface area contributed by atoms with Crippen LogP contribution in [0.3, 0.4) is 0 Å². The van der Waals surface area contributed by atoms with Crippen LogP contribution < -0.4 is 10.0 Å². The summed E-state index contributed by atoms with van der Waals surface area (Å²) in [5, 5.41) is 5.86. The van der Waals surface area contributed by atoms with Gasteiger partial charge < -0.3 is 9.30 Å². The SMILES string of the molecule is NS(=O)(=O)c1ccc2c(c1)CCN2Cc1cn2cc(Cl)ccc2n1. The summed E-state index contributed by atoms with van der Waals surface area (Å²) in [6.07, 6.45) is 4.57. The van der Waals surface area contributed by atoms with Gasteiger partial charge >= 0.3 is 0 Å². The van der Waals surface area contributed by atoms with Gasteiger partial charge in [-0.2, -0.15) is 0 Å². The van der Waals surface area contributed by atoms with Crippen LogP contribution in [0.15, 0.2) is 47.6 Å². The first-order valence-electron chi connectivity index (χ1n) is 7.44. The lowest BCUT2D eigenvalue weighted by Crippen LogP contribution is -2.19. The molecule has 6 nitrogen and oxygen atoms in total. The molecule has 0 radical (unpaired) electrons. The molecule has 24 heavy (non-hydrogen) atoms. The molecule has 1 aliphatic heterocycles. The summed E-state index contributed by atoms with van der Waals surface area (Å²) in [4.78, 5) is 6.94. The van der Waals surface area contributed by atoms with Crippen molar-refractivity contribution in [2.24, 2.45) is 5.14 Å². The number of aromatic nitrogens is 2. The Kier molecular flexibility index (Phi) is 3.52. The van der Waals surface area contributed by atoms with Gasteiger partial charge in [0.15, 0.2) is 0 Å². The minimum Gasteiger partial charge on any atom is -0.365 e. The molecule has 0 saturated carbocycles. The summed E-state index contributed by atoms with van der Waals surface area (Å²) >= 11 is 6.00. The monoisotopic (exact) mass is 362 g/mol. The van der Waals surface area contributed by atoms with Crippen LogP contribution in [0.25, 0.3) is 5.65 Å². The Labute approximate surface area is 144 Å². The fourth-order valence-electron chi connectivity index (χ4n) is 3.08. The van der Waals surface area contributed by atoms with Crippen LogP contribution in [-0.4, -0.2) is 24.3 Å². The normalized spacial score (nSPS) is 14.3. The molecular formula is C16H15ClN4O2S. The number of imidazole rings is 1. The van der Waals surface area contributed by atoms with Crippen molar-refractivity contribution in [3.05, 3.63) is 59.0 Å². The number of halogens is 1. The maximum Gasteiger partial charge on any atom is 0.238 e. The first kappa shape index (κ1) is 15.4. The van der Waals surface area contributed by atoms with Crippen molar-refractivity contribution in [1.29, 1.82) is 0 Å². The summed E-state index contributed by atoms with van der Waals surface area (Å²) in [5.41, 5.74) is 3.80. The Bertz CT molecular complexity index is 1050. The van der Waals surface area contributed by atoms with Crippen LogP contribution in [-0.2, 0) is 23.0 Å². The molecule has 0 aliphatic carbocycles. The molecular weight excluding hydrogens is 348 g/mol. The van der Waals surface area contributed by atoms with Crippen LogP contribution in [0.5, 0.6) is 0 Å². The van der Waals surface area contributed by atoms with E-state index in [0.29, 0.717) is 11.6 Å². The molecule has 8 heteroatoms. The topological polar surface area (TPSA) is 80.7 Å². The van der Waals surface area contributed by atoms with Crippen molar-refractivity contribution in [3.63, 3.8) is 0 Å². The summed E-state index contributed by atoms with van der Waals surface area (Å²) in [7, 11) is -3.67. The van der Waals surface area contributed by atoms with E-state index >= 15 is 0 Å². The van der Waals surface area contributed by atoms with E-state index < -0.39 is 10.0 Å². The first-order chi connectivity index (χ1) is 11.4. The highest BCUT2D eigenvalue weighted by Gasteiger charge is 2.22. The van der Waals surface area contributed by atoms with E-state index in [-0.39, 0.29) is 4.90 Å². The number of anilines is 1. The average molecular weight is 363 g/mol. The van der Waals surface area contributed by atoms with Crippen molar-refractivity contribution in [1.82, 2.24) is 9.38 Å². The summed E-state index contributed by atoms with van der Waals surface area (Å²) in [6, 6.07) is 8.72. The van der Waals surface area contributed by atoms with E-state index in [0.717, 1.165) is 35.6 Å². The molecule has 0 spiro atoms. The van der Waals surface area contributed by atoms with Gasteiger partial charge in [0.1, 0.15) is 5.65 Å². The third kappa shape index (κ3) is 2.75. The predicted octanol–water partition coefficient (Wildman–Crippen LogP) is 2.20. The number of hydrogen-bond donors (Lipinski definition) is 1. The van der Waals surface area contributed by atoms with Crippen molar-refractivity contribution < 1.29 is 8.42 Å². The highest BCUT2D eigenvalue weighted by atomic mass is 35.5. The number of nitrogens with zero attached hydrogens (tertiary/aromatic N) is 3. The Balaban J connectivity index is 1.63. The minimum atomic E-state index is -3.67. The van der Waals surface area contributed by atoms with Gasteiger partial charge in [-0.3, -0.25) is 0 Å². The van der Waals surface area contributed by atoms with Gasteiger partial charge in [-0.05, 0) is 42.3 Å². The zero-order valence-electron chi connectivity index (χ0n) is 12.7. The molecule has 2 aromatic heterocycles. The maximum atomic E-state index is 11.5. The molecule has 0 atom stereocenters. The van der Waals surface area contributed by atoms with E-state index in [2.05, 4.69) is 9.88 Å². The molecule has 0 amide bonds. The number of fused-ring (bicyclic) bond motifs is 2. The Morgan fingerprint density at radius 1 is 1.21 bits per heavy atom. The third-order valence-corrected chi connectivity index (χ3v) is 5.32. The quantitative estimate of drug-likeness (QED) is 0.774. The molecule has 1 aliphatic rings.